The van der Waals surface area contributed by atoms with Gasteiger partial charge in [0.2, 0.25) is 0 Å². The van der Waals surface area contributed by atoms with Gasteiger partial charge in [0.15, 0.2) is 0 Å². The molecule has 0 radical (unpaired) electrons. The predicted octanol–water partition coefficient (Wildman–Crippen LogP) is 0.846. The van der Waals surface area contributed by atoms with Crippen LogP contribution in [-0.2, 0) is 10.8 Å². The van der Waals surface area contributed by atoms with Crippen molar-refractivity contribution < 1.29 is 4.21 Å². The number of nitrogens with two attached hydrogens (primary N) is 2. The summed E-state index contributed by atoms with van der Waals surface area (Å²) in [6, 6.07) is 0.483. The van der Waals surface area contributed by atoms with Gasteiger partial charge in [-0.3, -0.25) is 5.84 Å². The van der Waals surface area contributed by atoms with Crippen LogP contribution < -0.4 is 11.6 Å². The molecular formula is C12H22N4OS. The quantitative estimate of drug-likeness (QED) is 0.573. The first-order valence-electron chi connectivity index (χ1n) is 6.61. The first kappa shape index (κ1) is 13.9. The van der Waals surface area contributed by atoms with Gasteiger partial charge in [0.1, 0.15) is 5.04 Å². The lowest BCUT2D eigenvalue weighted by molar-refractivity contribution is 0.163. The van der Waals surface area contributed by atoms with Gasteiger partial charge in [-0.05, 0) is 12.8 Å². The Morgan fingerprint density at radius 2 is 2.11 bits per heavy atom. The molecule has 0 saturated heterocycles. The van der Waals surface area contributed by atoms with Gasteiger partial charge in [-0.15, -0.1) is 0 Å². The summed E-state index contributed by atoms with van der Waals surface area (Å²) in [6.45, 7) is 1.07. The van der Waals surface area contributed by atoms with E-state index in [9.17, 15) is 4.21 Å². The molecule has 1 aliphatic carbocycles. The zero-order chi connectivity index (χ0) is 13.0. The Hall–Kier alpha value is -0.560. The van der Waals surface area contributed by atoms with E-state index in [0.717, 1.165) is 12.2 Å². The Morgan fingerprint density at radius 1 is 1.39 bits per heavy atom. The Balaban J connectivity index is 1.79. The van der Waals surface area contributed by atoms with Crippen molar-refractivity contribution in [2.24, 2.45) is 16.6 Å². The van der Waals surface area contributed by atoms with Crippen LogP contribution in [0, 0.1) is 0 Å². The summed E-state index contributed by atoms with van der Waals surface area (Å²) in [6.07, 6.45) is 6.88. The SMILES string of the molecule is NCC1=CS(=O)C(CCN(N)C2CCCCC2)=N1. The standard InChI is InChI=1S/C12H22N4OS/c13-8-10-9-18(17)12(15-10)6-7-16(14)11-4-2-1-3-5-11/h9,11H,1-8,13-14H2. The first-order valence-corrected chi connectivity index (χ1v) is 7.82. The number of hydrogen-bond donors (Lipinski definition) is 2. The highest BCUT2D eigenvalue weighted by Gasteiger charge is 2.21. The highest BCUT2D eigenvalue weighted by atomic mass is 32.2. The van der Waals surface area contributed by atoms with E-state index in [1.165, 1.54) is 32.1 Å². The molecule has 0 spiro atoms. The second-order valence-electron chi connectivity index (χ2n) is 4.90. The Labute approximate surface area is 111 Å². The molecule has 0 amide bonds. The van der Waals surface area contributed by atoms with Crippen LogP contribution in [0.2, 0.25) is 0 Å². The Bertz CT molecular complexity index is 374. The van der Waals surface area contributed by atoms with E-state index < -0.39 is 10.8 Å². The van der Waals surface area contributed by atoms with E-state index in [0.29, 0.717) is 24.1 Å². The van der Waals surface area contributed by atoms with E-state index in [1.807, 2.05) is 5.01 Å². The van der Waals surface area contributed by atoms with E-state index in [2.05, 4.69) is 4.99 Å². The zero-order valence-corrected chi connectivity index (χ0v) is 11.5. The van der Waals surface area contributed by atoms with Crippen molar-refractivity contribution >= 4 is 15.8 Å². The van der Waals surface area contributed by atoms with Crippen molar-refractivity contribution in [2.45, 2.75) is 44.6 Å². The largest absolute Gasteiger partial charge is 0.325 e. The van der Waals surface area contributed by atoms with E-state index in [4.69, 9.17) is 11.6 Å². The van der Waals surface area contributed by atoms with Gasteiger partial charge in [-0.1, -0.05) is 19.3 Å². The minimum absolute atomic E-state index is 0.351. The normalized spacial score (nSPS) is 25.4. The molecule has 0 aromatic rings. The topological polar surface area (TPSA) is 84.7 Å². The fourth-order valence-corrected chi connectivity index (χ4v) is 3.53. The molecule has 18 heavy (non-hydrogen) atoms. The van der Waals surface area contributed by atoms with Gasteiger partial charge in [0.25, 0.3) is 0 Å². The van der Waals surface area contributed by atoms with Gasteiger partial charge < -0.3 is 5.73 Å². The van der Waals surface area contributed by atoms with Gasteiger partial charge >= 0.3 is 0 Å². The summed E-state index contributed by atoms with van der Waals surface area (Å²) < 4.78 is 11.7. The van der Waals surface area contributed by atoms with Crippen molar-refractivity contribution in [3.63, 3.8) is 0 Å². The van der Waals surface area contributed by atoms with Crippen molar-refractivity contribution in [2.75, 3.05) is 13.1 Å². The molecule has 1 fully saturated rings. The predicted molar refractivity (Wildman–Crippen MR) is 75.1 cm³/mol. The molecule has 0 bridgehead atoms. The highest BCUT2D eigenvalue weighted by molar-refractivity contribution is 8.03. The summed E-state index contributed by atoms with van der Waals surface area (Å²) in [5.74, 6) is 6.08. The lowest BCUT2D eigenvalue weighted by Crippen LogP contribution is -2.43. The molecule has 4 N–H and O–H groups in total. The number of hydrogen-bond acceptors (Lipinski definition) is 5. The molecule has 102 valence electrons. The fourth-order valence-electron chi connectivity index (χ4n) is 2.49. The van der Waals surface area contributed by atoms with Gasteiger partial charge in [0, 0.05) is 31.0 Å². The maximum Gasteiger partial charge on any atom is 0.110 e. The second kappa shape index (κ2) is 6.56. The van der Waals surface area contributed by atoms with Crippen LogP contribution in [0.3, 0.4) is 0 Å². The minimum Gasteiger partial charge on any atom is -0.325 e. The van der Waals surface area contributed by atoms with Crippen LogP contribution in [0.1, 0.15) is 38.5 Å². The third kappa shape index (κ3) is 3.47. The average molecular weight is 270 g/mol. The third-order valence-electron chi connectivity index (χ3n) is 3.58. The van der Waals surface area contributed by atoms with E-state index in [-0.39, 0.29) is 0 Å². The van der Waals surface area contributed by atoms with Crippen LogP contribution in [-0.4, -0.2) is 33.4 Å². The third-order valence-corrected chi connectivity index (χ3v) is 4.83. The molecule has 1 unspecified atom stereocenters. The van der Waals surface area contributed by atoms with Crippen LogP contribution in [0.15, 0.2) is 16.1 Å². The van der Waals surface area contributed by atoms with Crippen molar-refractivity contribution in [3.05, 3.63) is 11.1 Å². The highest BCUT2D eigenvalue weighted by Crippen LogP contribution is 2.21. The van der Waals surface area contributed by atoms with E-state index >= 15 is 0 Å². The monoisotopic (exact) mass is 270 g/mol. The molecule has 1 aliphatic heterocycles. The molecule has 5 nitrogen and oxygen atoms in total. The van der Waals surface area contributed by atoms with E-state index in [1.54, 1.807) is 5.41 Å². The number of rotatable bonds is 5. The molecular weight excluding hydrogens is 248 g/mol. The molecule has 0 aromatic carbocycles. The molecule has 2 rings (SSSR count). The molecule has 1 heterocycles. The van der Waals surface area contributed by atoms with Crippen LogP contribution in [0.25, 0.3) is 0 Å². The summed E-state index contributed by atoms with van der Waals surface area (Å²) in [5, 5.41) is 4.25. The van der Waals surface area contributed by atoms with Crippen molar-refractivity contribution in [3.8, 4) is 0 Å². The fraction of sp³-hybridized carbons (Fsp3) is 0.750. The maximum atomic E-state index is 11.7. The van der Waals surface area contributed by atoms with Crippen molar-refractivity contribution in [1.29, 1.82) is 0 Å². The molecule has 1 saturated carbocycles. The maximum absolute atomic E-state index is 11.7. The Morgan fingerprint density at radius 3 is 2.72 bits per heavy atom. The van der Waals surface area contributed by atoms with Gasteiger partial charge in [-0.2, -0.15) is 0 Å². The molecule has 2 aliphatic rings. The molecule has 6 heteroatoms. The molecule has 1 atom stereocenters. The van der Waals surface area contributed by atoms with Gasteiger partial charge in [-0.25, -0.2) is 14.2 Å². The summed E-state index contributed by atoms with van der Waals surface area (Å²) in [5.41, 5.74) is 6.21. The average Bonchev–Trinajstić information content (AvgIpc) is 2.77. The zero-order valence-electron chi connectivity index (χ0n) is 10.7. The summed E-state index contributed by atoms with van der Waals surface area (Å²) in [7, 11) is -1.09. The van der Waals surface area contributed by atoms with Crippen molar-refractivity contribution in [1.82, 2.24) is 5.01 Å². The van der Waals surface area contributed by atoms with Crippen LogP contribution >= 0.6 is 0 Å². The first-order chi connectivity index (χ1) is 8.70. The lowest BCUT2D eigenvalue weighted by atomic mass is 9.95. The minimum atomic E-state index is -1.09. The second-order valence-corrected chi connectivity index (χ2v) is 6.20. The smallest absolute Gasteiger partial charge is 0.110 e. The number of hydrazine groups is 1. The summed E-state index contributed by atoms with van der Waals surface area (Å²) >= 11 is 0. The number of nitrogens with zero attached hydrogens (tertiary/aromatic N) is 2. The number of aliphatic imine (C=N–C) groups is 1. The van der Waals surface area contributed by atoms with Gasteiger partial charge in [0.05, 0.1) is 16.5 Å². The lowest BCUT2D eigenvalue weighted by Gasteiger charge is -2.30. The Kier molecular flexibility index (Phi) is 5.05. The summed E-state index contributed by atoms with van der Waals surface area (Å²) in [4.78, 5) is 4.28. The molecule has 0 aromatic heterocycles. The van der Waals surface area contributed by atoms with Crippen LogP contribution in [0.4, 0.5) is 0 Å². The van der Waals surface area contributed by atoms with Crippen LogP contribution in [0.5, 0.6) is 0 Å².